The third-order valence-corrected chi connectivity index (χ3v) is 35.8. The summed E-state index contributed by atoms with van der Waals surface area (Å²) in [5, 5.41) is 41.7. The molecule has 0 radical (unpaired) electrons. The van der Waals surface area contributed by atoms with Crippen LogP contribution in [0.25, 0.3) is 44.1 Å². The number of ketones is 4. The van der Waals surface area contributed by atoms with Crippen molar-refractivity contribution >= 4 is 85.0 Å². The molecule has 0 N–H and O–H groups in total. The number of aromatic nitrogens is 8. The lowest BCUT2D eigenvalue weighted by Gasteiger charge is -2.50. The summed E-state index contributed by atoms with van der Waals surface area (Å²) in [5.74, 6) is 7.27. The normalized spacial score (nSPS) is 22.6. The average molecular weight is 1980 g/mol. The lowest BCUT2D eigenvalue weighted by atomic mass is 9.68. The number of fused-ring (bicyclic) bond motifs is 11. The molecule has 11 fully saturated rings. The number of allylic oxidation sites excluding steroid dienone is 1. The van der Waals surface area contributed by atoms with Gasteiger partial charge in [0, 0.05) is 222 Å². The Hall–Kier alpha value is -14.0. The number of carbonyl (C=O) groups excluding carboxylic acids is 7. The topological polar surface area (TPSA) is 308 Å². The summed E-state index contributed by atoms with van der Waals surface area (Å²) < 4.78 is 13.7. The number of aryl methyl sites for hydroxylation is 8. The van der Waals surface area contributed by atoms with E-state index in [1.807, 2.05) is 59.8 Å². The zero-order chi connectivity index (χ0) is 104. The Labute approximate surface area is 870 Å². The second-order valence-electron chi connectivity index (χ2n) is 45.2. The van der Waals surface area contributed by atoms with Crippen molar-refractivity contribution in [3.8, 4) is 30.0 Å². The van der Waals surface area contributed by atoms with Crippen LogP contribution < -0.4 is 4.74 Å². The van der Waals surface area contributed by atoms with E-state index in [4.69, 9.17) is 24.7 Å². The van der Waals surface area contributed by atoms with E-state index >= 15 is 0 Å². The van der Waals surface area contributed by atoms with E-state index in [1.165, 1.54) is 116 Å². The summed E-state index contributed by atoms with van der Waals surface area (Å²) in [6.07, 6.45) is 40.6. The molecule has 5 saturated heterocycles. The van der Waals surface area contributed by atoms with Crippen molar-refractivity contribution in [2.24, 2.45) is 87.4 Å². The van der Waals surface area contributed by atoms with Crippen molar-refractivity contribution in [2.75, 3.05) is 46.4 Å². The van der Waals surface area contributed by atoms with Gasteiger partial charge < -0.3 is 42.6 Å². The van der Waals surface area contributed by atoms with Gasteiger partial charge in [-0.3, -0.25) is 33.6 Å². The second kappa shape index (κ2) is 43.4. The van der Waals surface area contributed by atoms with Gasteiger partial charge in [0.25, 0.3) is 0 Å². The minimum Gasteiger partial charge on any atom is -0.495 e. The number of pyridine rings is 4. The molecule has 3 amide bonds. The lowest BCUT2D eigenvalue weighted by molar-refractivity contribution is -0.143. The highest BCUT2D eigenvalue weighted by molar-refractivity contribution is 6.02. The summed E-state index contributed by atoms with van der Waals surface area (Å²) >= 11 is 0. The molecular formula is C124H140N16O8. The Bertz CT molecular complexity index is 7180. The molecule has 11 aliphatic rings. The Morgan fingerprint density at radius 2 is 0.764 bits per heavy atom. The molecule has 0 spiro atoms. The Kier molecular flexibility index (Phi) is 30.1. The Morgan fingerprint density at radius 1 is 0.405 bits per heavy atom. The van der Waals surface area contributed by atoms with Gasteiger partial charge in [0.15, 0.2) is 23.1 Å². The first-order chi connectivity index (χ1) is 71.4. The molecule has 23 rings (SSSR count). The van der Waals surface area contributed by atoms with Gasteiger partial charge in [-0.05, 0) is 311 Å². The van der Waals surface area contributed by atoms with E-state index < -0.39 is 0 Å². The monoisotopic (exact) mass is 1980 g/mol. The molecule has 13 heterocycles. The van der Waals surface area contributed by atoms with E-state index in [0.29, 0.717) is 133 Å². The van der Waals surface area contributed by atoms with Crippen LogP contribution in [0.15, 0.2) is 153 Å². The number of carbonyl (C=O) groups is 7. The molecule has 12 aromatic rings. The zero-order valence-electron chi connectivity index (χ0n) is 88.4. The number of hydrogen-bond donors (Lipinski definition) is 0. The van der Waals surface area contributed by atoms with Crippen LogP contribution in [0.3, 0.4) is 0 Å². The molecule has 2 unspecified atom stereocenters. The van der Waals surface area contributed by atoms with Crippen molar-refractivity contribution in [1.29, 1.82) is 21.0 Å². The number of methoxy groups -OCH3 is 1. The number of likely N-dealkylation sites (tertiary alicyclic amines) is 3. The second-order valence-corrected chi connectivity index (χ2v) is 45.2. The van der Waals surface area contributed by atoms with E-state index in [1.54, 1.807) is 91.0 Å². The van der Waals surface area contributed by atoms with Gasteiger partial charge in [-0.15, -0.1) is 0 Å². The number of amides is 3. The molecule has 764 valence electrons. The first-order valence-electron chi connectivity index (χ1n) is 54.2. The van der Waals surface area contributed by atoms with Crippen molar-refractivity contribution in [2.45, 2.75) is 245 Å². The summed E-state index contributed by atoms with van der Waals surface area (Å²) in [6, 6.07) is 34.7. The van der Waals surface area contributed by atoms with Crippen LogP contribution in [-0.4, -0.2) is 157 Å². The predicted molar refractivity (Wildman–Crippen MR) is 574 cm³/mol. The minimum atomic E-state index is -0.0188. The Morgan fingerprint density at radius 3 is 1.14 bits per heavy atom. The van der Waals surface area contributed by atoms with E-state index in [-0.39, 0.29) is 78.5 Å². The summed E-state index contributed by atoms with van der Waals surface area (Å²) in [4.78, 5) is 120. The third kappa shape index (κ3) is 20.2. The quantitative estimate of drug-likeness (QED) is 0.0569. The van der Waals surface area contributed by atoms with Crippen molar-refractivity contribution in [1.82, 2.24) is 57.8 Å². The number of hydrogen-bond acceptors (Lipinski definition) is 17. The first-order valence-corrected chi connectivity index (χ1v) is 54.2. The number of benzene rings is 4. The number of rotatable bonds is 22. The average Bonchev–Trinajstić information content (AvgIpc) is 1.59. The number of nitriles is 4. The molecule has 5 aliphatic heterocycles. The highest BCUT2D eigenvalue weighted by Crippen LogP contribution is 2.55. The molecule has 8 aromatic heterocycles. The molecule has 24 heteroatoms. The van der Waals surface area contributed by atoms with Crippen LogP contribution in [0.4, 0.5) is 0 Å². The minimum absolute atomic E-state index is 0.00313. The fraction of sp³-hybridized carbons (Fsp3) is 0.476. The van der Waals surface area contributed by atoms with Crippen molar-refractivity contribution in [3.63, 3.8) is 0 Å². The molecule has 6 saturated carbocycles. The van der Waals surface area contributed by atoms with Crippen molar-refractivity contribution < 1.29 is 38.3 Å². The van der Waals surface area contributed by atoms with Gasteiger partial charge in [0.05, 0.1) is 47.6 Å². The third-order valence-electron chi connectivity index (χ3n) is 35.8. The van der Waals surface area contributed by atoms with Crippen LogP contribution in [0.5, 0.6) is 5.75 Å². The summed E-state index contributed by atoms with van der Waals surface area (Å²) in [5.41, 5.74) is 22.8. The molecule has 4 aromatic carbocycles. The highest BCUT2D eigenvalue weighted by Gasteiger charge is 2.50. The maximum Gasteiger partial charge on any atom is 0.225 e. The molecule has 12 atom stereocenters. The van der Waals surface area contributed by atoms with Crippen LogP contribution in [0.1, 0.15) is 310 Å². The van der Waals surface area contributed by atoms with E-state index in [0.717, 1.165) is 175 Å². The van der Waals surface area contributed by atoms with Gasteiger partial charge >= 0.3 is 0 Å². The Balaban J connectivity index is 0.000000124. The zero-order valence-corrected chi connectivity index (χ0v) is 88.4. The smallest absolute Gasteiger partial charge is 0.225 e. The van der Waals surface area contributed by atoms with Crippen molar-refractivity contribution in [3.05, 3.63) is 264 Å². The van der Waals surface area contributed by atoms with Gasteiger partial charge in [-0.25, -0.2) is 19.9 Å². The molecular weight excluding hydrogens is 1840 g/mol. The van der Waals surface area contributed by atoms with E-state index in [2.05, 4.69) is 142 Å². The summed E-state index contributed by atoms with van der Waals surface area (Å²) in [7, 11) is 9.73. The van der Waals surface area contributed by atoms with Crippen LogP contribution >= 0.6 is 0 Å². The van der Waals surface area contributed by atoms with Crippen LogP contribution in [-0.2, 0) is 68.3 Å². The van der Waals surface area contributed by atoms with Crippen LogP contribution in [0, 0.1) is 132 Å². The highest BCUT2D eigenvalue weighted by atomic mass is 16.5. The first kappa shape index (κ1) is 103. The van der Waals surface area contributed by atoms with Gasteiger partial charge in [-0.1, -0.05) is 102 Å². The number of Topliss-reactive ketones (excluding diaryl/α,β-unsaturated/α-hetero) is 4. The summed E-state index contributed by atoms with van der Waals surface area (Å²) in [6.45, 7) is 27.0. The number of ether oxygens (including phenoxy) is 1. The molecule has 6 bridgehead atoms. The van der Waals surface area contributed by atoms with E-state index in [9.17, 15) is 54.6 Å². The lowest BCUT2D eigenvalue weighted by Crippen LogP contribution is -2.54. The fourth-order valence-electron chi connectivity index (χ4n) is 27.9. The molecule has 148 heavy (non-hydrogen) atoms. The predicted octanol–water partition coefficient (Wildman–Crippen LogP) is 22.3. The van der Waals surface area contributed by atoms with Gasteiger partial charge in [0.2, 0.25) is 17.7 Å². The molecule has 24 nitrogen and oxygen atoms in total. The van der Waals surface area contributed by atoms with Gasteiger partial charge in [-0.2, -0.15) is 21.0 Å². The fourth-order valence-corrected chi connectivity index (χ4v) is 27.9. The largest absolute Gasteiger partial charge is 0.495 e. The number of piperidine rings is 5. The number of nitrogens with zero attached hydrogens (tertiary/aromatic N) is 16. The van der Waals surface area contributed by atoms with Gasteiger partial charge in [0.1, 0.15) is 34.4 Å². The van der Waals surface area contributed by atoms with Crippen LogP contribution in [0.2, 0.25) is 0 Å². The molecule has 6 aliphatic carbocycles. The maximum atomic E-state index is 13.3. The maximum absolute atomic E-state index is 13.3. The standard InChI is InChI=1S/C33H38N4O2.C31H34N4O2.C31H36N4O2.C29H32N4O2/c1-20-27(14-29(38)23-11-12-30(39-4)26(13-23)15-34)16-35-33-31(20)28(19-36(33)3)32-24-9-10-25(32)18-37(17-24)21(2)22-7-5-6-8-22;1-19-24(13-28(36)22-9-5-6-20(12-22)15-32)16-33-30-29(19)27(18-34(30)2)26-14-25-11-10-23(26)17-35(25)31(37)21-7-3-4-8-21;1-19-17-35(31(37)23-9-5-6-10-23)20(2)12-26(19)27-18-34(4)30-29(27)21(3)25(16-33-30)14-28(36)24-11-7-8-22(13-24)15-32;1-17(2)29(35)33-14-21-8-9-22(15-33)27(21)24-16-32(4)28-26(24)18(3)23(13-31-28)11-25(34)20-7-5-6-19(10-20)12-30/h11-13,16,19,22,24-25,32H,2,5-10,14,17-18H2,1,3-4H3;5-6,9,12,16,18,21,23,25-26H,3-4,7-8,10-11,13-14,17H2,1-2H3;7-8,11,13,16,18-20,23,26H,5-6,9-10,12,14,17H2,1-4H3;5-7,10,13,16-17,21-22,27H,8-9,11,14-15H2,1-4H3/t24-,25+,32?;23-,25-,26-;19-,20+,26+;21-,22+,27?/m.11./s1. The SMILES string of the molecule is C=C(C1CCCC1)N1C[C@H]2CC[C@@H](C1)C2c1cn(C)c2ncc(CC(=O)c3ccc(OC)c(C#N)c3)c(C)c12.Cc1c(CC(=O)c2cccc(C#N)c2)cnc2c1c(C1[C@@H]3CC[C@H]1CN(C(=O)C(C)C)C3)cn2C.Cc1c(CC(=O)c2cccc(C#N)c2)cnc2c1c([C@@H]1C[C@H]3CC[C@@H]1CN3C(=O)C1CCCC1)cn2C.Cc1c(CC(=O)c2cccc(C#N)c2)cnc2c1c([C@H]1C[C@H](C)N(C(=O)C3CCCC3)C[C@H]1C)cn2C.